The predicted octanol–water partition coefficient (Wildman–Crippen LogP) is -2.33. The summed E-state index contributed by atoms with van der Waals surface area (Å²) in [4.78, 5) is 183. The molecule has 16 rings (SSSR count). The minimum Gasteiger partial charge on any atom is -0.756 e. The van der Waals surface area contributed by atoms with Gasteiger partial charge in [-0.3, -0.25) is 56.5 Å². The van der Waals surface area contributed by atoms with Crippen LogP contribution >= 0.6 is 46.9 Å². The van der Waals surface area contributed by atoms with E-state index in [1.165, 1.54) is 35.9 Å². The molecule has 4 aromatic carbocycles. The van der Waals surface area contributed by atoms with Crippen molar-refractivity contribution < 1.29 is 186 Å². The van der Waals surface area contributed by atoms with Gasteiger partial charge in [0.1, 0.15) is 66.6 Å². The van der Waals surface area contributed by atoms with Crippen molar-refractivity contribution in [3.63, 3.8) is 0 Å². The van der Waals surface area contributed by atoms with Crippen molar-refractivity contribution in [3.8, 4) is 23.0 Å². The molecule has 150 heavy (non-hydrogen) atoms. The number of alkyl carbamates (subject to hydrolysis) is 2. The van der Waals surface area contributed by atoms with Crippen LogP contribution in [0.25, 0.3) is 33.5 Å². The van der Waals surface area contributed by atoms with Crippen molar-refractivity contribution in [2.45, 2.75) is 153 Å². The fourth-order valence-corrected chi connectivity index (χ4v) is 26.0. The third-order valence-corrected chi connectivity index (χ3v) is 33.7. The van der Waals surface area contributed by atoms with E-state index < -0.39 is 187 Å². The molecule has 60 nitrogen and oxygen atoms in total. The summed E-state index contributed by atoms with van der Waals surface area (Å²) in [6, 6.07) is 14.9. The highest BCUT2D eigenvalue weighted by Gasteiger charge is 2.55. The Morgan fingerprint density at radius 3 is 1.34 bits per heavy atom. The van der Waals surface area contributed by atoms with Crippen LogP contribution in [-0.4, -0.2) is 256 Å². The van der Waals surface area contributed by atoms with Crippen LogP contribution in [-0.2, 0) is 129 Å². The molecule has 8 aliphatic rings. The Balaban J connectivity index is 0.000000224. The van der Waals surface area contributed by atoms with Crippen LogP contribution in [0.1, 0.15) is 115 Å². The van der Waals surface area contributed by atoms with Crippen molar-refractivity contribution in [2.75, 3.05) is 111 Å². The SMILES string of the molecule is CC[N+]1=c2cc3c(cc2CCC1)=Nc1cc2c(cc1O3)N(CCCC(=O)NCCNC(=O)O[C@@H]1[C@H](O)[C@@H](COP(=O)(O)OP(=O)(O)OP(=O)([O-])O)O[C@H]1[n+]1cn(C)c3c(=O)[nH]c(N)nc31)C(C)(C)C=C2CS(=O)(=O)[O-].CC[N+]1=c2cc3c(cc2CCC1)=Nc1cc2c(cc1O3)N(CCCC(=O)NCCNC(=O)O[C@H]1[C@@H](O)[C@H]([n+]3cn(C)c4c(=O)[nH]c(N)nc43)O[C@@H]1COP(=O)(O)OP(=O)(O)OP(=O)([O-])O)C(C)(C)C=C2CS(=O)(=O)[O-]. The number of carbonyl (C=O) groups is 4. The number of imidazole rings is 2. The van der Waals surface area contributed by atoms with Crippen LogP contribution in [0.3, 0.4) is 0 Å². The smallest absolute Gasteiger partial charge is 0.487 e. The van der Waals surface area contributed by atoms with Crippen molar-refractivity contribution in [1.82, 2.24) is 59.5 Å². The van der Waals surface area contributed by atoms with Gasteiger partial charge in [-0.1, -0.05) is 22.1 Å². The molecule has 8 aromatic rings. The fraction of sp³-hybridized carbons (Fsp3) is 0.488. The van der Waals surface area contributed by atoms with Gasteiger partial charge in [0, 0.05) is 111 Å². The van der Waals surface area contributed by atoms with E-state index in [1.54, 1.807) is 36.4 Å². The second-order valence-electron chi connectivity index (χ2n) is 36.6. The van der Waals surface area contributed by atoms with Gasteiger partial charge in [-0.15, -0.1) is 0 Å². The second kappa shape index (κ2) is 43.9. The normalized spacial score (nSPS) is 22.2. The van der Waals surface area contributed by atoms with Gasteiger partial charge in [-0.25, -0.2) is 81.6 Å². The van der Waals surface area contributed by atoms with Crippen molar-refractivity contribution in [2.24, 2.45) is 24.1 Å². The number of aliphatic hydroxyl groups excluding tert-OH is 2. The number of aromatic nitrogens is 8. The fourth-order valence-electron chi connectivity index (χ4n) is 18.8. The van der Waals surface area contributed by atoms with Crippen molar-refractivity contribution in [1.29, 1.82) is 0 Å². The molecule has 2 saturated heterocycles. The van der Waals surface area contributed by atoms with Crippen LogP contribution in [0.2, 0.25) is 0 Å². The number of H-pyrrole nitrogens is 2. The molecule has 6 unspecified atom stereocenters. The lowest BCUT2D eigenvalue weighted by Gasteiger charge is -2.44. The lowest BCUT2D eigenvalue weighted by atomic mass is 9.88. The Morgan fingerprint density at radius 1 is 0.540 bits per heavy atom. The quantitative estimate of drug-likeness (QED) is 0.00835. The number of nitrogens with zero attached hydrogens (tertiary/aromatic N) is 12. The third-order valence-electron chi connectivity index (χ3n) is 24.8. The maximum Gasteiger partial charge on any atom is 0.487 e. The van der Waals surface area contributed by atoms with Gasteiger partial charge >= 0.3 is 54.8 Å². The number of amides is 4. The first-order valence-corrected chi connectivity index (χ1v) is 58.1. The molecular formula is C82H106N20O40P6S2. The summed E-state index contributed by atoms with van der Waals surface area (Å²) < 4.78 is 212. The largest absolute Gasteiger partial charge is 0.756 e. The Bertz CT molecular complexity index is 7810. The number of phosphoric ester groups is 2. The highest BCUT2D eigenvalue weighted by atomic mass is 32.2. The average molecular weight is 2260 g/mol. The number of aromatic amines is 2. The average Bonchev–Trinajstić information content (AvgIpc) is 1.30. The number of aliphatic hydroxyl groups is 2. The molecule has 4 aromatic heterocycles. The number of fused-ring (bicyclic) bond motifs is 10. The second-order valence-corrected chi connectivity index (χ2v) is 48.1. The Hall–Kier alpha value is -11.0. The highest BCUT2D eigenvalue weighted by Crippen LogP contribution is 2.67. The molecular weight excluding hydrogens is 2150 g/mol. The van der Waals surface area contributed by atoms with E-state index in [-0.39, 0.29) is 99.2 Å². The molecule has 2 fully saturated rings. The summed E-state index contributed by atoms with van der Waals surface area (Å²) in [6.45, 7) is 12.5. The lowest BCUT2D eigenvalue weighted by molar-refractivity contribution is -0.746. The van der Waals surface area contributed by atoms with Crippen LogP contribution in [0.15, 0.2) is 92.9 Å². The summed E-state index contributed by atoms with van der Waals surface area (Å²) in [7, 11) is -41.9. The standard InChI is InChI=1S/2C41H53N10O20P3S/c1-5-49-12-6-8-22-14-25-29(16-27(22)49)67-30-17-28-24(15-26(30)45-25)23(20-75(63,64)65)18-41(2,3)51(28)13-7-9-32(52)43-10-11-44-40(55)69-35-31(19-66-73(59,60)71-74(61,62)70-72(56,57)58)68-38(34(35)53)50-21-48(4)33-36(50)46-39(42)47-37(33)54;1-5-49-12-6-8-22-14-25-29(16-27(22)49)67-30-17-28-24(15-26(30)45-25)23(20-75(63,64)65)18-41(2,3)51(28)13-7-9-32(52)43-10-11-44-40(55)69-35-34(53)31(19-66-73(59,60)71-74(61,62)70-72(56,57)58)68-38(35)50-21-48(4)33-36(50)46-39(42)47-37(33)54/h2*14-18,21,31,34-35,38,53H,5-13,19-20H2,1-4H3,(H8-2,42,43,44,46,47,52,54,55,56,57,58,59,60,61,62,63,64,65)/t2*31-,34-,35-,38-/m11/s1. The minimum atomic E-state index is -6.00. The number of phosphoric acid groups is 6. The van der Waals surface area contributed by atoms with E-state index in [9.17, 15) is 122 Å². The number of nitrogen functional groups attached to an aromatic ring is 2. The molecule has 14 atom stereocenters. The van der Waals surface area contributed by atoms with E-state index in [2.05, 4.69) is 86.0 Å². The summed E-state index contributed by atoms with van der Waals surface area (Å²) in [5.74, 6) is -1.05. The number of aryl methyl sites for hydroxylation is 4. The number of ether oxygens (including phenoxy) is 6. The maximum atomic E-state index is 13.2. The van der Waals surface area contributed by atoms with Crippen LogP contribution < -0.4 is 113 Å². The molecule has 0 bridgehead atoms. The van der Waals surface area contributed by atoms with Gasteiger partial charge in [0.05, 0.1) is 82.3 Å². The van der Waals surface area contributed by atoms with E-state index in [0.717, 1.165) is 82.8 Å². The number of hydrogen-bond acceptors (Lipinski definition) is 42. The summed E-state index contributed by atoms with van der Waals surface area (Å²) in [5, 5.41) is 36.3. The van der Waals surface area contributed by atoms with Gasteiger partial charge in [-0.05, 0) is 103 Å². The topological polar surface area (TPSA) is 850 Å². The van der Waals surface area contributed by atoms with Crippen LogP contribution in [0.4, 0.5) is 44.2 Å². The van der Waals surface area contributed by atoms with Gasteiger partial charge in [-0.2, -0.15) is 8.62 Å². The number of nitrogens with two attached hydrogens (primary N) is 2. The summed E-state index contributed by atoms with van der Waals surface area (Å²) >= 11 is 0. The number of benzene rings is 4. The van der Waals surface area contributed by atoms with E-state index >= 15 is 0 Å². The van der Waals surface area contributed by atoms with Crippen molar-refractivity contribution >= 4 is 159 Å². The first-order chi connectivity index (χ1) is 70.0. The molecule has 12 heterocycles. The molecule has 0 saturated carbocycles. The van der Waals surface area contributed by atoms with Gasteiger partial charge < -0.3 is 129 Å². The zero-order chi connectivity index (χ0) is 109. The molecule has 0 spiro atoms. The Labute approximate surface area is 849 Å². The monoisotopic (exact) mass is 2260 g/mol. The Kier molecular flexibility index (Phi) is 33.1. The lowest BCUT2D eigenvalue weighted by Crippen LogP contribution is -2.49. The molecule has 8 aliphatic heterocycles. The third kappa shape index (κ3) is 26.9. The first kappa shape index (κ1) is 113. The maximum absolute atomic E-state index is 13.2. The van der Waals surface area contributed by atoms with Gasteiger partial charge in [0.2, 0.25) is 46.0 Å². The zero-order valence-corrected chi connectivity index (χ0v) is 87.8. The van der Waals surface area contributed by atoms with Gasteiger partial charge in [0.15, 0.2) is 54.0 Å². The van der Waals surface area contributed by atoms with Gasteiger partial charge in [0.25, 0.3) is 38.7 Å². The molecule has 0 aliphatic carbocycles. The molecule has 816 valence electrons. The van der Waals surface area contributed by atoms with E-state index in [0.29, 0.717) is 78.7 Å². The summed E-state index contributed by atoms with van der Waals surface area (Å²) in [6.07, 6.45) is -6.16. The zero-order valence-electron chi connectivity index (χ0n) is 80.8. The number of anilines is 4. The molecule has 18 N–H and O–H groups in total. The number of nitrogens with one attached hydrogen (secondary N) is 6. The summed E-state index contributed by atoms with van der Waals surface area (Å²) in [5.41, 5.74) is 14.0. The number of hydrogen-bond donors (Lipinski definition) is 16. The number of rotatable bonds is 38. The molecule has 4 amide bonds. The van der Waals surface area contributed by atoms with Crippen LogP contribution in [0.5, 0.6) is 23.0 Å². The number of carbonyl (C=O) groups excluding carboxylic acids is 4. The molecule has 68 heteroatoms. The van der Waals surface area contributed by atoms with E-state index in [4.69, 9.17) is 64.2 Å². The van der Waals surface area contributed by atoms with Crippen molar-refractivity contribution in [3.05, 3.63) is 138 Å². The van der Waals surface area contributed by atoms with E-state index in [1.807, 2.05) is 61.8 Å². The van der Waals surface area contributed by atoms with Crippen LogP contribution in [0, 0.1) is 0 Å². The predicted molar refractivity (Wildman–Crippen MR) is 513 cm³/mol. The first-order valence-electron chi connectivity index (χ1n) is 46.0. The minimum absolute atomic E-state index is 0.00296. The Morgan fingerprint density at radius 2 is 0.933 bits per heavy atom. The molecule has 0 radical (unpaired) electrons. The highest BCUT2D eigenvalue weighted by molar-refractivity contribution is 7.86.